The summed E-state index contributed by atoms with van der Waals surface area (Å²) < 4.78 is 37.5. The second-order valence-corrected chi connectivity index (χ2v) is 12.6. The highest BCUT2D eigenvalue weighted by atomic mass is 32.2. The van der Waals surface area contributed by atoms with Crippen molar-refractivity contribution in [2.24, 2.45) is 0 Å². The van der Waals surface area contributed by atoms with Gasteiger partial charge in [-0.05, 0) is 56.3 Å². The molecule has 210 valence electrons. The molecule has 0 radical (unpaired) electrons. The van der Waals surface area contributed by atoms with Crippen LogP contribution in [0.2, 0.25) is 0 Å². The van der Waals surface area contributed by atoms with Gasteiger partial charge in [-0.25, -0.2) is 8.42 Å². The molecule has 0 spiro atoms. The monoisotopic (exact) mass is 554 g/mol. The number of carbonyl (C=O) groups is 1. The van der Waals surface area contributed by atoms with Gasteiger partial charge >= 0.3 is 0 Å². The first kappa shape index (κ1) is 27.5. The predicted molar refractivity (Wildman–Crippen MR) is 153 cm³/mol. The van der Waals surface area contributed by atoms with Crippen LogP contribution in [0, 0.1) is 0 Å². The van der Waals surface area contributed by atoms with Crippen molar-refractivity contribution in [3.05, 3.63) is 42.0 Å². The van der Waals surface area contributed by atoms with Crippen molar-refractivity contribution in [3.8, 4) is 22.8 Å². The number of aromatic amines is 1. The van der Waals surface area contributed by atoms with Gasteiger partial charge in [0.1, 0.15) is 4.90 Å². The molecule has 0 bridgehead atoms. The summed E-state index contributed by atoms with van der Waals surface area (Å²) in [5.41, 5.74) is 2.31. The van der Waals surface area contributed by atoms with Gasteiger partial charge in [0.05, 0.1) is 25.7 Å². The molecule has 3 heterocycles. The molecule has 9 nitrogen and oxygen atoms in total. The molecule has 39 heavy (non-hydrogen) atoms. The third-order valence-corrected chi connectivity index (χ3v) is 9.97. The number of likely N-dealkylation sites (tertiary alicyclic amines) is 1. The number of sulfone groups is 1. The van der Waals surface area contributed by atoms with Crippen molar-refractivity contribution >= 4 is 26.6 Å². The second kappa shape index (κ2) is 11.2. The fourth-order valence-electron chi connectivity index (χ4n) is 5.77. The number of rotatable bonds is 7. The molecule has 0 atom stereocenters. The number of nitrogens with one attached hydrogen (secondary N) is 1. The van der Waals surface area contributed by atoms with E-state index in [0.29, 0.717) is 58.4 Å². The summed E-state index contributed by atoms with van der Waals surface area (Å²) in [7, 11) is 1.64. The zero-order valence-corrected chi connectivity index (χ0v) is 24.0. The maximum absolute atomic E-state index is 13.5. The highest BCUT2D eigenvalue weighted by molar-refractivity contribution is 7.91. The molecule has 2 aliphatic heterocycles. The van der Waals surface area contributed by atoms with Crippen molar-refractivity contribution in [3.63, 3.8) is 0 Å². The first-order valence-electron chi connectivity index (χ1n) is 13.6. The number of piperidine rings is 1. The van der Waals surface area contributed by atoms with Crippen LogP contribution in [-0.2, 0) is 9.84 Å². The standard InChI is InChI=1S/C29H38N4O5S/c1-5-39(35,36)28-23-18-21(29(34)33-12-10-22(11-13-33)32-16-14-31(2)15-17-32)6-8-24(23)30-27(28)20-7-9-25(37-3)26(19-20)38-4/h6-9,18-19,22,30H,5,10-17H2,1-4H3. The fraction of sp³-hybridized carbons (Fsp3) is 0.483. The van der Waals surface area contributed by atoms with E-state index in [4.69, 9.17) is 9.47 Å². The minimum Gasteiger partial charge on any atom is -0.493 e. The number of aromatic nitrogens is 1. The first-order valence-corrected chi connectivity index (χ1v) is 15.2. The van der Waals surface area contributed by atoms with Gasteiger partial charge in [0, 0.05) is 67.3 Å². The number of amides is 1. The molecule has 2 saturated heterocycles. The van der Waals surface area contributed by atoms with Crippen molar-refractivity contribution in [1.29, 1.82) is 0 Å². The molecule has 0 aliphatic carbocycles. The zero-order valence-electron chi connectivity index (χ0n) is 23.2. The number of benzene rings is 2. The van der Waals surface area contributed by atoms with E-state index < -0.39 is 9.84 Å². The number of fused-ring (bicyclic) bond motifs is 1. The molecule has 2 aromatic carbocycles. The third kappa shape index (κ3) is 5.37. The lowest BCUT2D eigenvalue weighted by Crippen LogP contribution is -2.52. The maximum Gasteiger partial charge on any atom is 0.253 e. The molecule has 1 amide bonds. The molecule has 10 heteroatoms. The lowest BCUT2D eigenvalue weighted by Gasteiger charge is -2.42. The van der Waals surface area contributed by atoms with Gasteiger partial charge in [0.15, 0.2) is 21.3 Å². The Morgan fingerprint density at radius 1 is 0.949 bits per heavy atom. The number of hydrogen-bond acceptors (Lipinski definition) is 7. The van der Waals surface area contributed by atoms with Crippen LogP contribution >= 0.6 is 0 Å². The highest BCUT2D eigenvalue weighted by Crippen LogP contribution is 2.39. The smallest absolute Gasteiger partial charge is 0.253 e. The number of ether oxygens (including phenoxy) is 2. The van der Waals surface area contributed by atoms with Crippen LogP contribution in [0.3, 0.4) is 0 Å². The van der Waals surface area contributed by atoms with E-state index in [1.165, 1.54) is 0 Å². The van der Waals surface area contributed by atoms with E-state index in [2.05, 4.69) is 21.8 Å². The number of methoxy groups -OCH3 is 2. The van der Waals surface area contributed by atoms with Gasteiger partial charge in [-0.1, -0.05) is 6.92 Å². The molecular formula is C29H38N4O5S. The summed E-state index contributed by atoms with van der Waals surface area (Å²) in [6.07, 6.45) is 1.92. The lowest BCUT2D eigenvalue weighted by atomic mass is 10.0. The van der Waals surface area contributed by atoms with Crippen LogP contribution in [0.5, 0.6) is 11.5 Å². The minimum absolute atomic E-state index is 0.0533. The number of likely N-dealkylation sites (N-methyl/N-ethyl adjacent to an activating group) is 1. The lowest BCUT2D eigenvalue weighted by molar-refractivity contribution is 0.0519. The molecule has 1 aromatic heterocycles. The summed E-state index contributed by atoms with van der Waals surface area (Å²) >= 11 is 0. The number of hydrogen-bond donors (Lipinski definition) is 1. The Kier molecular flexibility index (Phi) is 7.89. The van der Waals surface area contributed by atoms with Crippen molar-refractivity contribution in [2.75, 3.05) is 66.3 Å². The minimum atomic E-state index is -3.62. The number of nitrogens with zero attached hydrogens (tertiary/aromatic N) is 3. The number of H-pyrrole nitrogens is 1. The quantitative estimate of drug-likeness (QED) is 0.478. The Hall–Kier alpha value is -3.08. The average molecular weight is 555 g/mol. The molecule has 0 saturated carbocycles. The van der Waals surface area contributed by atoms with Gasteiger partial charge in [-0.3, -0.25) is 9.69 Å². The molecule has 2 fully saturated rings. The van der Waals surface area contributed by atoms with Gasteiger partial charge in [0.25, 0.3) is 5.91 Å². The Morgan fingerprint density at radius 3 is 2.28 bits per heavy atom. The van der Waals surface area contributed by atoms with Crippen molar-refractivity contribution in [2.45, 2.75) is 30.7 Å². The highest BCUT2D eigenvalue weighted by Gasteiger charge is 2.30. The van der Waals surface area contributed by atoms with E-state index >= 15 is 0 Å². The molecule has 2 aliphatic rings. The van der Waals surface area contributed by atoms with Gasteiger partial charge < -0.3 is 24.3 Å². The third-order valence-electron chi connectivity index (χ3n) is 8.17. The van der Waals surface area contributed by atoms with Crippen LogP contribution in [0.25, 0.3) is 22.2 Å². The van der Waals surface area contributed by atoms with Crippen molar-refractivity contribution < 1.29 is 22.7 Å². The van der Waals surface area contributed by atoms with E-state index in [-0.39, 0.29) is 16.6 Å². The van der Waals surface area contributed by atoms with Crippen LogP contribution in [0.15, 0.2) is 41.3 Å². The van der Waals surface area contributed by atoms with E-state index in [1.54, 1.807) is 57.5 Å². The fourth-order valence-corrected chi connectivity index (χ4v) is 7.04. The molecular weight excluding hydrogens is 516 g/mol. The average Bonchev–Trinajstić information content (AvgIpc) is 3.36. The normalized spacial score (nSPS) is 18.0. The summed E-state index contributed by atoms with van der Waals surface area (Å²) in [5.74, 6) is 0.950. The molecule has 5 rings (SSSR count). The number of piperazine rings is 1. The van der Waals surface area contributed by atoms with Crippen LogP contribution < -0.4 is 9.47 Å². The predicted octanol–water partition coefficient (Wildman–Crippen LogP) is 3.50. The molecule has 0 unspecified atom stereocenters. The van der Waals surface area contributed by atoms with Crippen LogP contribution in [0.4, 0.5) is 0 Å². The second-order valence-electron chi connectivity index (χ2n) is 10.4. The van der Waals surface area contributed by atoms with Crippen LogP contribution in [-0.4, -0.2) is 106 Å². The summed E-state index contributed by atoms with van der Waals surface area (Å²) in [6.45, 7) is 7.38. The summed E-state index contributed by atoms with van der Waals surface area (Å²) in [4.78, 5) is 23.9. The van der Waals surface area contributed by atoms with Gasteiger partial charge in [-0.15, -0.1) is 0 Å². The Balaban J connectivity index is 1.44. The summed E-state index contributed by atoms with van der Waals surface area (Å²) in [6, 6.07) is 11.1. The number of carbonyl (C=O) groups excluding carboxylic acids is 1. The first-order chi connectivity index (χ1) is 18.7. The van der Waals surface area contributed by atoms with Crippen molar-refractivity contribution in [1.82, 2.24) is 19.7 Å². The van der Waals surface area contributed by atoms with E-state index in [0.717, 1.165) is 39.0 Å². The van der Waals surface area contributed by atoms with E-state index in [9.17, 15) is 13.2 Å². The Labute approximate surface area is 230 Å². The SMILES string of the molecule is CCS(=O)(=O)c1c(-c2ccc(OC)c(OC)c2)[nH]c2ccc(C(=O)N3CCC(N4CCN(C)CC4)CC3)cc12. The van der Waals surface area contributed by atoms with Gasteiger partial charge in [0.2, 0.25) is 0 Å². The van der Waals surface area contributed by atoms with Crippen LogP contribution in [0.1, 0.15) is 30.1 Å². The van der Waals surface area contributed by atoms with E-state index in [1.807, 2.05) is 4.90 Å². The molecule has 3 aromatic rings. The topological polar surface area (TPSA) is 95.2 Å². The van der Waals surface area contributed by atoms with Gasteiger partial charge in [-0.2, -0.15) is 0 Å². The largest absolute Gasteiger partial charge is 0.493 e. The molecule has 1 N–H and O–H groups in total. The maximum atomic E-state index is 13.5. The zero-order chi connectivity index (χ0) is 27.7. The Bertz CT molecular complexity index is 1450. The Morgan fingerprint density at radius 2 is 1.64 bits per heavy atom. The summed E-state index contributed by atoms with van der Waals surface area (Å²) in [5, 5.41) is 0.528.